The lowest BCUT2D eigenvalue weighted by Crippen LogP contribution is -2.07. The molecule has 0 saturated heterocycles. The average Bonchev–Trinajstić information content (AvgIpc) is 2.97. The van der Waals surface area contributed by atoms with E-state index in [1.807, 2.05) is 0 Å². The van der Waals surface area contributed by atoms with Crippen LogP contribution in [0.3, 0.4) is 0 Å². The number of aliphatic hydroxyl groups excluding tert-OH is 1. The van der Waals surface area contributed by atoms with Crippen LogP contribution < -0.4 is 0 Å². The van der Waals surface area contributed by atoms with Crippen LogP contribution in [-0.4, -0.2) is 36.9 Å². The van der Waals surface area contributed by atoms with Crippen molar-refractivity contribution in [2.24, 2.45) is 0 Å². The fourth-order valence-electron chi connectivity index (χ4n) is 5.45. The van der Waals surface area contributed by atoms with Gasteiger partial charge in [-0.3, -0.25) is 9.59 Å². The average molecular weight is 583 g/mol. The van der Waals surface area contributed by atoms with Gasteiger partial charge in [-0.15, -0.1) is 0 Å². The van der Waals surface area contributed by atoms with Gasteiger partial charge in [0.25, 0.3) is 0 Å². The van der Waals surface area contributed by atoms with Gasteiger partial charge in [-0.05, 0) is 19.3 Å². The van der Waals surface area contributed by atoms with E-state index in [-0.39, 0.29) is 25.2 Å². The van der Waals surface area contributed by atoms with Gasteiger partial charge in [-0.1, -0.05) is 167 Å². The topological polar surface area (TPSA) is 72.8 Å². The van der Waals surface area contributed by atoms with E-state index in [0.29, 0.717) is 19.4 Å². The molecule has 0 heterocycles. The molecule has 0 rings (SSSR count). The summed E-state index contributed by atoms with van der Waals surface area (Å²) in [5, 5.41) is 8.62. The second-order valence-electron chi connectivity index (χ2n) is 12.2. The van der Waals surface area contributed by atoms with Crippen LogP contribution >= 0.6 is 0 Å². The molecule has 41 heavy (non-hydrogen) atoms. The van der Waals surface area contributed by atoms with E-state index in [1.54, 1.807) is 0 Å². The SMILES string of the molecule is CCCCCCCCCCCCCCCC(=O)OCCCCCCCCCCCCCCCCCC(=O)OCCO. The van der Waals surface area contributed by atoms with Crippen LogP contribution in [0.15, 0.2) is 0 Å². The molecule has 0 fully saturated rings. The highest BCUT2D eigenvalue weighted by molar-refractivity contribution is 5.69. The highest BCUT2D eigenvalue weighted by Gasteiger charge is 2.03. The summed E-state index contributed by atoms with van der Waals surface area (Å²) in [6.45, 7) is 2.91. The van der Waals surface area contributed by atoms with E-state index in [2.05, 4.69) is 6.92 Å². The first-order valence-electron chi connectivity index (χ1n) is 18.1. The number of carbonyl (C=O) groups excluding carboxylic acids is 2. The molecule has 0 atom stereocenters. The van der Waals surface area contributed by atoms with Crippen molar-refractivity contribution in [1.82, 2.24) is 0 Å². The maximum absolute atomic E-state index is 11.9. The van der Waals surface area contributed by atoms with Gasteiger partial charge in [0.15, 0.2) is 0 Å². The quantitative estimate of drug-likeness (QED) is 0.0603. The monoisotopic (exact) mass is 583 g/mol. The van der Waals surface area contributed by atoms with Crippen molar-refractivity contribution < 1.29 is 24.2 Å². The summed E-state index contributed by atoms with van der Waals surface area (Å²) in [5.41, 5.74) is 0. The lowest BCUT2D eigenvalue weighted by molar-refractivity contribution is -0.145. The molecule has 0 saturated carbocycles. The van der Waals surface area contributed by atoms with Crippen LogP contribution in [0.25, 0.3) is 0 Å². The Kier molecular flexibility index (Phi) is 34.2. The van der Waals surface area contributed by atoms with Crippen molar-refractivity contribution in [3.63, 3.8) is 0 Å². The Morgan fingerprint density at radius 3 is 0.976 bits per heavy atom. The summed E-state index contributed by atoms with van der Waals surface area (Å²) >= 11 is 0. The maximum atomic E-state index is 11.9. The highest BCUT2D eigenvalue weighted by atomic mass is 16.5. The molecule has 5 nitrogen and oxygen atoms in total. The molecule has 1 N–H and O–H groups in total. The van der Waals surface area contributed by atoms with Gasteiger partial charge in [-0.25, -0.2) is 0 Å². The van der Waals surface area contributed by atoms with E-state index >= 15 is 0 Å². The third kappa shape index (κ3) is 35.0. The van der Waals surface area contributed by atoms with Gasteiger partial charge < -0.3 is 14.6 Å². The summed E-state index contributed by atoms with van der Waals surface area (Å²) in [4.78, 5) is 23.2. The van der Waals surface area contributed by atoms with Crippen molar-refractivity contribution in [1.29, 1.82) is 0 Å². The van der Waals surface area contributed by atoms with Crippen LogP contribution in [0.4, 0.5) is 0 Å². The van der Waals surface area contributed by atoms with Gasteiger partial charge in [0.1, 0.15) is 6.61 Å². The van der Waals surface area contributed by atoms with Crippen molar-refractivity contribution in [3.8, 4) is 0 Å². The summed E-state index contributed by atoms with van der Waals surface area (Å²) in [5.74, 6) is -0.180. The molecule has 0 aliphatic rings. The van der Waals surface area contributed by atoms with Crippen LogP contribution in [0.5, 0.6) is 0 Å². The summed E-state index contributed by atoms with van der Waals surface area (Å²) in [6, 6.07) is 0. The van der Waals surface area contributed by atoms with E-state index in [0.717, 1.165) is 25.7 Å². The van der Waals surface area contributed by atoms with Crippen LogP contribution in [0.2, 0.25) is 0 Å². The number of aliphatic hydroxyl groups is 1. The molecule has 0 aromatic heterocycles. The molecule has 0 radical (unpaired) electrons. The molecule has 0 aromatic rings. The molecule has 0 bridgehead atoms. The third-order valence-electron chi connectivity index (χ3n) is 8.13. The van der Waals surface area contributed by atoms with Crippen LogP contribution in [0, 0.1) is 0 Å². The summed E-state index contributed by atoms with van der Waals surface area (Å²) in [6.07, 6.45) is 37.0. The second-order valence-corrected chi connectivity index (χ2v) is 12.2. The first kappa shape index (κ1) is 39.9. The minimum atomic E-state index is -0.185. The zero-order valence-electron chi connectivity index (χ0n) is 27.4. The Labute approximate surface area is 255 Å². The minimum absolute atomic E-state index is 0.00460. The van der Waals surface area contributed by atoms with Crippen molar-refractivity contribution in [3.05, 3.63) is 0 Å². The van der Waals surface area contributed by atoms with E-state index in [9.17, 15) is 9.59 Å². The molecular weight excluding hydrogens is 512 g/mol. The molecule has 0 aliphatic heterocycles. The Balaban J connectivity index is 3.17. The van der Waals surface area contributed by atoms with Crippen molar-refractivity contribution >= 4 is 11.9 Å². The molecule has 0 unspecified atom stereocenters. The van der Waals surface area contributed by atoms with Gasteiger partial charge in [0.05, 0.1) is 13.2 Å². The fourth-order valence-corrected chi connectivity index (χ4v) is 5.45. The first-order valence-corrected chi connectivity index (χ1v) is 18.1. The van der Waals surface area contributed by atoms with Gasteiger partial charge in [0, 0.05) is 12.8 Å². The molecule has 0 spiro atoms. The predicted octanol–water partition coefficient (Wildman–Crippen LogP) is 10.8. The number of hydrogen-bond donors (Lipinski definition) is 1. The zero-order valence-corrected chi connectivity index (χ0v) is 27.4. The number of rotatable bonds is 34. The number of ether oxygens (including phenoxy) is 2. The van der Waals surface area contributed by atoms with E-state index in [1.165, 1.54) is 154 Å². The van der Waals surface area contributed by atoms with Gasteiger partial charge in [0.2, 0.25) is 0 Å². The molecule has 5 heteroatoms. The number of unbranched alkanes of at least 4 members (excludes halogenated alkanes) is 26. The predicted molar refractivity (Wildman–Crippen MR) is 173 cm³/mol. The molecule has 0 aromatic carbocycles. The van der Waals surface area contributed by atoms with E-state index < -0.39 is 0 Å². The Hall–Kier alpha value is -1.10. The van der Waals surface area contributed by atoms with Gasteiger partial charge >= 0.3 is 11.9 Å². The third-order valence-corrected chi connectivity index (χ3v) is 8.13. The minimum Gasteiger partial charge on any atom is -0.466 e. The summed E-state index contributed by atoms with van der Waals surface area (Å²) < 4.78 is 10.3. The van der Waals surface area contributed by atoms with Crippen LogP contribution in [0.1, 0.15) is 200 Å². The number of carbonyl (C=O) groups is 2. The zero-order chi connectivity index (χ0) is 29.9. The largest absolute Gasteiger partial charge is 0.466 e. The normalized spacial score (nSPS) is 11.2. The maximum Gasteiger partial charge on any atom is 0.305 e. The van der Waals surface area contributed by atoms with Crippen molar-refractivity contribution in [2.75, 3.05) is 19.8 Å². The van der Waals surface area contributed by atoms with Crippen LogP contribution in [-0.2, 0) is 19.1 Å². The number of hydrogen-bond acceptors (Lipinski definition) is 5. The molecule has 0 aliphatic carbocycles. The lowest BCUT2D eigenvalue weighted by atomic mass is 10.0. The Morgan fingerprint density at radius 1 is 0.390 bits per heavy atom. The first-order chi connectivity index (χ1) is 20.2. The molecular formula is C36H70O5. The van der Waals surface area contributed by atoms with Gasteiger partial charge in [-0.2, -0.15) is 0 Å². The number of esters is 2. The fraction of sp³-hybridized carbons (Fsp3) is 0.944. The molecule has 244 valence electrons. The molecule has 0 amide bonds. The standard InChI is InChI=1S/C36H70O5/c1-2-3-4-5-6-7-8-12-15-18-21-24-27-30-35(38)40-33-29-26-23-20-17-14-11-9-10-13-16-19-22-25-28-31-36(39)41-34-32-37/h37H,2-34H2,1H3. The van der Waals surface area contributed by atoms with Crippen molar-refractivity contribution in [2.45, 2.75) is 200 Å². The van der Waals surface area contributed by atoms with E-state index in [4.69, 9.17) is 14.6 Å². The second kappa shape index (κ2) is 35.1. The highest BCUT2D eigenvalue weighted by Crippen LogP contribution is 2.15. The Bertz CT molecular complexity index is 536. The summed E-state index contributed by atoms with van der Waals surface area (Å²) in [7, 11) is 0. The smallest absolute Gasteiger partial charge is 0.305 e. The lowest BCUT2D eigenvalue weighted by Gasteiger charge is -2.06. The Morgan fingerprint density at radius 2 is 0.659 bits per heavy atom.